The minimum Gasteiger partial charge on any atom is -0.458 e. The summed E-state index contributed by atoms with van der Waals surface area (Å²) in [5.74, 6) is 1.86. The monoisotopic (exact) mass is 933 g/mol. The highest BCUT2D eigenvalue weighted by molar-refractivity contribution is 6.99. The smallest absolute Gasteiger partial charge is 0.256 e. The Bertz CT molecular complexity index is 4010. The summed E-state index contributed by atoms with van der Waals surface area (Å²) < 4.78 is 7.25. The molecule has 0 spiro atoms. The van der Waals surface area contributed by atoms with Crippen LogP contribution in [0.25, 0.3) is 88.0 Å². The Morgan fingerprint density at radius 2 is 0.959 bits per heavy atom. The third kappa shape index (κ3) is 7.41. The molecule has 346 valence electrons. The fourth-order valence-electron chi connectivity index (χ4n) is 12.3. The average molecular weight is 934 g/mol. The Labute approximate surface area is 428 Å². The molecule has 2 aliphatic rings. The van der Waals surface area contributed by atoms with Crippen molar-refractivity contribution < 1.29 is 4.74 Å². The molecule has 14 rings (SSSR count). The van der Waals surface area contributed by atoms with Gasteiger partial charge in [-0.15, -0.1) is 0 Å². The Hall–Kier alpha value is -8.66. The van der Waals surface area contributed by atoms with Crippen molar-refractivity contribution >= 4 is 66.8 Å². The van der Waals surface area contributed by atoms with Crippen LogP contribution in [-0.4, -0.2) is 6.71 Å². The average Bonchev–Trinajstić information content (AvgIpc) is 3.43. The molecule has 12 aromatic rings. The summed E-state index contributed by atoms with van der Waals surface area (Å²) in [5.41, 5.74) is 20.8. The van der Waals surface area contributed by atoms with Gasteiger partial charge in [0, 0.05) is 17.9 Å². The highest BCUT2D eigenvalue weighted by atomic mass is 16.5. The zero-order valence-electron chi connectivity index (χ0n) is 41.4. The largest absolute Gasteiger partial charge is 0.458 e. The van der Waals surface area contributed by atoms with Crippen LogP contribution < -0.4 is 26.0 Å². The first-order valence-corrected chi connectivity index (χ1v) is 25.8. The van der Waals surface area contributed by atoms with Crippen LogP contribution in [0.15, 0.2) is 237 Å². The SMILES string of the molecule is CC(C)(C)Cc1cc2c3c(c1)N(Cc1c(-c4ccccc4)cc(-c4ccccc4)cc1-c1ccccc1)c1ccc(-c4ccc5ccc6cccc7ccc4c5c67)cc1B3c1cc(-c3ccccc3)ccc1O2. The predicted molar refractivity (Wildman–Crippen MR) is 310 cm³/mol. The van der Waals surface area contributed by atoms with E-state index in [4.69, 9.17) is 4.74 Å². The number of rotatable bonds is 8. The minimum atomic E-state index is -0.0882. The number of hydrogen-bond acceptors (Lipinski definition) is 2. The van der Waals surface area contributed by atoms with E-state index in [-0.39, 0.29) is 12.1 Å². The quantitative estimate of drug-likeness (QED) is 0.111. The van der Waals surface area contributed by atoms with Crippen molar-refractivity contribution in [1.29, 1.82) is 0 Å². The third-order valence-corrected chi connectivity index (χ3v) is 15.5. The van der Waals surface area contributed by atoms with Crippen molar-refractivity contribution in [2.75, 3.05) is 4.90 Å². The van der Waals surface area contributed by atoms with Gasteiger partial charge in [-0.25, -0.2) is 0 Å². The van der Waals surface area contributed by atoms with Gasteiger partial charge in [0.05, 0.1) is 0 Å². The van der Waals surface area contributed by atoms with Crippen molar-refractivity contribution in [3.05, 3.63) is 248 Å². The summed E-state index contributed by atoms with van der Waals surface area (Å²) >= 11 is 0. The van der Waals surface area contributed by atoms with E-state index < -0.39 is 0 Å². The third-order valence-electron chi connectivity index (χ3n) is 15.5. The molecule has 2 nitrogen and oxygen atoms in total. The summed E-state index contributed by atoms with van der Waals surface area (Å²) in [6.07, 6.45) is 0.908. The van der Waals surface area contributed by atoms with Crippen molar-refractivity contribution in [2.24, 2.45) is 5.41 Å². The maximum atomic E-state index is 7.25. The highest BCUT2D eigenvalue weighted by Crippen LogP contribution is 2.46. The van der Waals surface area contributed by atoms with Crippen LogP contribution >= 0.6 is 0 Å². The molecule has 0 saturated heterocycles. The van der Waals surface area contributed by atoms with E-state index in [1.54, 1.807) is 0 Å². The lowest BCUT2D eigenvalue weighted by molar-refractivity contribution is 0.410. The van der Waals surface area contributed by atoms with Gasteiger partial charge in [0.2, 0.25) is 0 Å². The number of nitrogens with zero attached hydrogens (tertiary/aromatic N) is 1. The number of ether oxygens (including phenoxy) is 1. The summed E-state index contributed by atoms with van der Waals surface area (Å²) in [7, 11) is 0. The van der Waals surface area contributed by atoms with Gasteiger partial charge < -0.3 is 9.64 Å². The van der Waals surface area contributed by atoms with Crippen LogP contribution in [0, 0.1) is 5.41 Å². The molecule has 0 aromatic heterocycles. The topological polar surface area (TPSA) is 12.5 Å². The van der Waals surface area contributed by atoms with E-state index in [0.717, 1.165) is 17.9 Å². The summed E-state index contributed by atoms with van der Waals surface area (Å²) in [4.78, 5) is 2.64. The van der Waals surface area contributed by atoms with E-state index in [0.29, 0.717) is 6.54 Å². The van der Waals surface area contributed by atoms with Gasteiger partial charge in [0.15, 0.2) is 0 Å². The molecule has 2 heterocycles. The molecule has 0 fully saturated rings. The first-order chi connectivity index (χ1) is 35.8. The fraction of sp³-hybridized carbons (Fsp3) is 0.0857. The predicted octanol–water partition coefficient (Wildman–Crippen LogP) is 16.8. The first-order valence-electron chi connectivity index (χ1n) is 25.8. The molecule has 0 radical (unpaired) electrons. The lowest BCUT2D eigenvalue weighted by atomic mass is 9.34. The van der Waals surface area contributed by atoms with Gasteiger partial charge in [-0.2, -0.15) is 0 Å². The Balaban J connectivity index is 1.05. The van der Waals surface area contributed by atoms with Crippen LogP contribution in [0.2, 0.25) is 0 Å². The van der Waals surface area contributed by atoms with Gasteiger partial charge in [-0.05, 0) is 164 Å². The second-order valence-corrected chi connectivity index (χ2v) is 21.4. The first kappa shape index (κ1) is 43.2. The molecule has 0 amide bonds. The highest BCUT2D eigenvalue weighted by Gasteiger charge is 2.43. The Morgan fingerprint density at radius 3 is 1.60 bits per heavy atom. The number of anilines is 2. The van der Waals surface area contributed by atoms with Crippen LogP contribution in [0.3, 0.4) is 0 Å². The molecule has 12 aromatic carbocycles. The van der Waals surface area contributed by atoms with Gasteiger partial charge >= 0.3 is 0 Å². The van der Waals surface area contributed by atoms with Gasteiger partial charge in [0.25, 0.3) is 6.71 Å². The zero-order chi connectivity index (χ0) is 48.8. The van der Waals surface area contributed by atoms with Crippen molar-refractivity contribution in [3.8, 4) is 67.1 Å². The van der Waals surface area contributed by atoms with Crippen molar-refractivity contribution in [3.63, 3.8) is 0 Å². The van der Waals surface area contributed by atoms with Gasteiger partial charge in [0.1, 0.15) is 11.5 Å². The molecular weight excluding hydrogens is 882 g/mol. The minimum absolute atomic E-state index is 0.0543. The second-order valence-electron chi connectivity index (χ2n) is 21.4. The van der Waals surface area contributed by atoms with E-state index in [1.165, 1.54) is 127 Å². The maximum absolute atomic E-state index is 7.25. The molecular formula is C70H52BNO. The molecule has 0 aliphatic carbocycles. The molecule has 2 aliphatic heterocycles. The molecule has 0 atom stereocenters. The molecule has 3 heteroatoms. The second kappa shape index (κ2) is 17.0. The van der Waals surface area contributed by atoms with Crippen LogP contribution in [-0.2, 0) is 13.0 Å². The van der Waals surface area contributed by atoms with E-state index in [1.807, 2.05) is 0 Å². The van der Waals surface area contributed by atoms with E-state index in [2.05, 4.69) is 262 Å². The van der Waals surface area contributed by atoms with Crippen LogP contribution in [0.4, 0.5) is 11.4 Å². The van der Waals surface area contributed by atoms with Crippen LogP contribution in [0.5, 0.6) is 11.5 Å². The zero-order valence-corrected chi connectivity index (χ0v) is 41.4. The molecule has 0 bridgehead atoms. The maximum Gasteiger partial charge on any atom is 0.256 e. The number of fused-ring (bicyclic) bond motifs is 4. The lowest BCUT2D eigenvalue weighted by Gasteiger charge is -2.41. The molecule has 73 heavy (non-hydrogen) atoms. The summed E-state index contributed by atoms with van der Waals surface area (Å²) in [6, 6.07) is 88.0. The summed E-state index contributed by atoms with van der Waals surface area (Å²) in [5, 5.41) is 7.76. The molecule has 0 saturated carbocycles. The van der Waals surface area contributed by atoms with Gasteiger partial charge in [-0.1, -0.05) is 221 Å². The number of benzene rings is 12. The molecule has 0 N–H and O–H groups in total. The van der Waals surface area contributed by atoms with E-state index in [9.17, 15) is 0 Å². The standard InChI is InChI=1S/C70H52BNO/c1-70(2,3)43-45-37-64-69-66(38-45)73-65-36-32-53(46-17-8-4-9-18-46)41-62(65)71(69)61-42-54(56-33-29-52-28-27-50-25-16-26-51-30-34-57(56)68(52)67(50)51)31-35-63(61)72(64)44-60-58(48-21-12-6-13-22-48)39-55(47-19-10-5-11-20-47)40-59(60)49-23-14-7-15-24-49/h4-42H,43-44H2,1-3H3. The van der Waals surface area contributed by atoms with Crippen molar-refractivity contribution in [2.45, 2.75) is 33.7 Å². The fourth-order valence-corrected chi connectivity index (χ4v) is 12.3. The lowest BCUT2D eigenvalue weighted by Crippen LogP contribution is -2.60. The normalized spacial score (nSPS) is 12.8. The van der Waals surface area contributed by atoms with Crippen LogP contribution in [0.1, 0.15) is 31.9 Å². The summed E-state index contributed by atoms with van der Waals surface area (Å²) in [6.45, 7) is 7.55. The van der Waals surface area contributed by atoms with Crippen molar-refractivity contribution in [1.82, 2.24) is 0 Å². The van der Waals surface area contributed by atoms with E-state index >= 15 is 0 Å². The Morgan fingerprint density at radius 1 is 0.397 bits per heavy atom. The molecule has 0 unspecified atom stereocenters. The van der Waals surface area contributed by atoms with Gasteiger partial charge in [-0.3, -0.25) is 0 Å². The number of hydrogen-bond donors (Lipinski definition) is 0. The Kier molecular flexibility index (Phi) is 10.1.